The lowest BCUT2D eigenvalue weighted by atomic mass is 10.1. The van der Waals surface area contributed by atoms with Crippen LogP contribution in [0, 0.1) is 13.8 Å². The number of nitrogens with zero attached hydrogens (tertiary/aromatic N) is 1. The average Bonchev–Trinajstić information content (AvgIpc) is 3.21. The maximum Gasteiger partial charge on any atom is 0.295 e. The third-order valence-electron chi connectivity index (χ3n) is 4.60. The van der Waals surface area contributed by atoms with E-state index < -0.39 is 0 Å². The lowest BCUT2D eigenvalue weighted by Gasteiger charge is -2.16. The summed E-state index contributed by atoms with van der Waals surface area (Å²) in [6.45, 7) is 4.35. The van der Waals surface area contributed by atoms with Gasteiger partial charge < -0.3 is 14.8 Å². The van der Waals surface area contributed by atoms with Crippen LogP contribution in [0.5, 0.6) is 11.5 Å². The molecule has 0 atom stereocenters. The number of carbonyl (C=O) groups is 2. The summed E-state index contributed by atoms with van der Waals surface area (Å²) in [5.74, 6) is 1.01. The maximum atomic E-state index is 12.6. The molecule has 4 rings (SSSR count). The lowest BCUT2D eigenvalue weighted by Crippen LogP contribution is -2.33. The second kappa shape index (κ2) is 7.00. The lowest BCUT2D eigenvalue weighted by molar-refractivity contribution is -0.122. The molecule has 0 bridgehead atoms. The molecule has 0 unspecified atom stereocenters. The molecule has 0 aliphatic carbocycles. The summed E-state index contributed by atoms with van der Waals surface area (Å²) in [7, 11) is 0. The van der Waals surface area contributed by atoms with Crippen molar-refractivity contribution < 1.29 is 19.1 Å². The van der Waals surface area contributed by atoms with Crippen molar-refractivity contribution >= 4 is 34.7 Å². The SMILES string of the molecule is Cc1cccc(NCN2C(=O)S/C(=C/c3ccc4c(c3)OCO4)C2=O)c1C. The van der Waals surface area contributed by atoms with Gasteiger partial charge in [0.1, 0.15) is 0 Å². The Hall–Kier alpha value is -2.93. The van der Waals surface area contributed by atoms with E-state index in [4.69, 9.17) is 9.47 Å². The van der Waals surface area contributed by atoms with Gasteiger partial charge in [-0.3, -0.25) is 14.5 Å². The number of fused-ring (bicyclic) bond motifs is 1. The second-order valence-electron chi connectivity index (χ2n) is 6.30. The number of amides is 2. The van der Waals surface area contributed by atoms with E-state index in [1.165, 1.54) is 4.90 Å². The highest BCUT2D eigenvalue weighted by Gasteiger charge is 2.35. The van der Waals surface area contributed by atoms with Crippen LogP contribution in [-0.4, -0.2) is 29.5 Å². The van der Waals surface area contributed by atoms with E-state index in [1.807, 2.05) is 38.1 Å². The molecule has 138 valence electrons. The predicted octanol–water partition coefficient (Wildman–Crippen LogP) is 4.14. The summed E-state index contributed by atoms with van der Waals surface area (Å²) >= 11 is 0.939. The highest BCUT2D eigenvalue weighted by molar-refractivity contribution is 8.18. The molecule has 2 aromatic rings. The molecule has 2 aliphatic heterocycles. The molecule has 6 nitrogen and oxygen atoms in total. The Kier molecular flexibility index (Phi) is 4.53. The number of ether oxygens (including phenoxy) is 2. The summed E-state index contributed by atoms with van der Waals surface area (Å²) in [6, 6.07) is 11.3. The van der Waals surface area contributed by atoms with Crippen molar-refractivity contribution in [2.45, 2.75) is 13.8 Å². The van der Waals surface area contributed by atoms with Crippen LogP contribution in [-0.2, 0) is 4.79 Å². The average molecular weight is 382 g/mol. The van der Waals surface area contributed by atoms with Crippen molar-refractivity contribution in [3.8, 4) is 11.5 Å². The fourth-order valence-electron chi connectivity index (χ4n) is 2.90. The Labute approximate surface area is 161 Å². The number of nitrogens with one attached hydrogen (secondary N) is 1. The Bertz CT molecular complexity index is 970. The highest BCUT2D eigenvalue weighted by atomic mass is 32.2. The first-order chi connectivity index (χ1) is 13.0. The number of carbonyl (C=O) groups excluding carboxylic acids is 2. The zero-order valence-electron chi connectivity index (χ0n) is 14.9. The summed E-state index contributed by atoms with van der Waals surface area (Å²) in [4.78, 5) is 26.5. The fraction of sp³-hybridized carbons (Fsp3) is 0.200. The van der Waals surface area contributed by atoms with Crippen LogP contribution in [0.15, 0.2) is 41.3 Å². The van der Waals surface area contributed by atoms with Crippen molar-refractivity contribution in [1.82, 2.24) is 4.90 Å². The van der Waals surface area contributed by atoms with Crippen LogP contribution in [0.2, 0.25) is 0 Å². The van der Waals surface area contributed by atoms with Gasteiger partial charge in [-0.2, -0.15) is 0 Å². The van der Waals surface area contributed by atoms with Crippen molar-refractivity contribution in [1.29, 1.82) is 0 Å². The number of thioether (sulfide) groups is 1. The van der Waals surface area contributed by atoms with Gasteiger partial charge in [0, 0.05) is 5.69 Å². The van der Waals surface area contributed by atoms with Gasteiger partial charge in [0.2, 0.25) is 6.79 Å². The zero-order chi connectivity index (χ0) is 19.0. The van der Waals surface area contributed by atoms with Crippen molar-refractivity contribution in [2.24, 2.45) is 0 Å². The molecule has 0 saturated carbocycles. The molecule has 1 N–H and O–H groups in total. The van der Waals surface area contributed by atoms with Gasteiger partial charge in [-0.1, -0.05) is 18.2 Å². The zero-order valence-corrected chi connectivity index (χ0v) is 15.8. The Morgan fingerprint density at radius 2 is 1.96 bits per heavy atom. The minimum atomic E-state index is -0.305. The topological polar surface area (TPSA) is 67.9 Å². The van der Waals surface area contributed by atoms with Gasteiger partial charge in [0.05, 0.1) is 11.6 Å². The Morgan fingerprint density at radius 1 is 1.15 bits per heavy atom. The Balaban J connectivity index is 1.49. The maximum absolute atomic E-state index is 12.6. The summed E-state index contributed by atoms with van der Waals surface area (Å²) in [5.41, 5.74) is 3.94. The predicted molar refractivity (Wildman–Crippen MR) is 105 cm³/mol. The van der Waals surface area contributed by atoms with Gasteiger partial charge in [-0.05, 0) is 66.6 Å². The third kappa shape index (κ3) is 3.38. The number of hydrogen-bond acceptors (Lipinski definition) is 6. The van der Waals surface area contributed by atoms with E-state index in [1.54, 1.807) is 18.2 Å². The smallest absolute Gasteiger partial charge is 0.295 e. The van der Waals surface area contributed by atoms with E-state index in [2.05, 4.69) is 5.32 Å². The van der Waals surface area contributed by atoms with Gasteiger partial charge in [-0.25, -0.2) is 0 Å². The van der Waals surface area contributed by atoms with E-state index in [-0.39, 0.29) is 24.6 Å². The monoisotopic (exact) mass is 382 g/mol. The normalized spacial score (nSPS) is 17.1. The van der Waals surface area contributed by atoms with Crippen LogP contribution in [0.4, 0.5) is 10.5 Å². The first-order valence-electron chi connectivity index (χ1n) is 8.48. The van der Waals surface area contributed by atoms with E-state index >= 15 is 0 Å². The molecule has 1 fully saturated rings. The first kappa shape index (κ1) is 17.5. The minimum Gasteiger partial charge on any atom is -0.454 e. The van der Waals surface area contributed by atoms with E-state index in [0.29, 0.717) is 16.4 Å². The quantitative estimate of drug-likeness (QED) is 0.802. The molecule has 2 amide bonds. The first-order valence-corrected chi connectivity index (χ1v) is 9.29. The van der Waals surface area contributed by atoms with Crippen LogP contribution in [0.3, 0.4) is 0 Å². The number of imide groups is 1. The molecule has 7 heteroatoms. The highest BCUT2D eigenvalue weighted by Crippen LogP contribution is 2.36. The molecule has 2 aliphatic rings. The molecule has 27 heavy (non-hydrogen) atoms. The van der Waals surface area contributed by atoms with Gasteiger partial charge >= 0.3 is 0 Å². The molecular formula is C20H18N2O4S. The van der Waals surface area contributed by atoms with Crippen molar-refractivity contribution in [2.75, 3.05) is 18.8 Å². The molecule has 0 spiro atoms. The van der Waals surface area contributed by atoms with Crippen LogP contribution in [0.25, 0.3) is 6.08 Å². The number of benzene rings is 2. The molecular weight excluding hydrogens is 364 g/mol. The largest absolute Gasteiger partial charge is 0.454 e. The standard InChI is InChI=1S/C20H18N2O4S/c1-12-4-3-5-15(13(12)2)21-10-22-19(23)18(27-20(22)24)9-14-6-7-16-17(8-14)26-11-25-16/h3-9,21H,10-11H2,1-2H3/b18-9+. The molecule has 0 aromatic heterocycles. The van der Waals surface area contributed by atoms with E-state index in [0.717, 1.165) is 34.1 Å². The van der Waals surface area contributed by atoms with E-state index in [9.17, 15) is 9.59 Å². The van der Waals surface area contributed by atoms with Crippen LogP contribution >= 0.6 is 11.8 Å². The molecule has 1 saturated heterocycles. The molecule has 2 heterocycles. The second-order valence-corrected chi connectivity index (χ2v) is 7.30. The fourth-order valence-corrected chi connectivity index (χ4v) is 3.74. The van der Waals surface area contributed by atoms with Crippen LogP contribution < -0.4 is 14.8 Å². The Morgan fingerprint density at radius 3 is 2.81 bits per heavy atom. The summed E-state index contributed by atoms with van der Waals surface area (Å²) < 4.78 is 10.6. The number of anilines is 1. The molecule has 2 aromatic carbocycles. The number of hydrogen-bond donors (Lipinski definition) is 1. The number of rotatable bonds is 4. The number of aryl methyl sites for hydroxylation is 1. The van der Waals surface area contributed by atoms with Crippen molar-refractivity contribution in [3.63, 3.8) is 0 Å². The summed E-state index contributed by atoms with van der Waals surface area (Å²) in [6.07, 6.45) is 1.70. The van der Waals surface area contributed by atoms with Crippen LogP contribution in [0.1, 0.15) is 16.7 Å². The van der Waals surface area contributed by atoms with Crippen molar-refractivity contribution in [3.05, 3.63) is 58.0 Å². The van der Waals surface area contributed by atoms with Gasteiger partial charge in [0.25, 0.3) is 11.1 Å². The van der Waals surface area contributed by atoms with Gasteiger partial charge in [-0.15, -0.1) is 0 Å². The molecule has 0 radical (unpaired) electrons. The minimum absolute atomic E-state index is 0.132. The summed E-state index contributed by atoms with van der Waals surface area (Å²) in [5, 5.41) is 2.89. The third-order valence-corrected chi connectivity index (χ3v) is 5.51. The van der Waals surface area contributed by atoms with Gasteiger partial charge in [0.15, 0.2) is 11.5 Å².